The van der Waals surface area contributed by atoms with E-state index in [-0.39, 0.29) is 6.10 Å². The van der Waals surface area contributed by atoms with Gasteiger partial charge in [0.2, 0.25) is 0 Å². The highest BCUT2D eigenvalue weighted by atomic mass is 16.6. The maximum atomic E-state index is 9.55. The zero-order chi connectivity index (χ0) is 19.5. The minimum Gasteiger partial charge on any atom is -0.484 e. The van der Waals surface area contributed by atoms with Crippen LogP contribution in [0.15, 0.2) is 47.9 Å². The van der Waals surface area contributed by atoms with Crippen molar-refractivity contribution in [3.8, 4) is 22.9 Å². The molecule has 2 aromatic heterocycles. The molecule has 0 unspecified atom stereocenters. The molecule has 0 amide bonds. The van der Waals surface area contributed by atoms with Crippen LogP contribution in [0.25, 0.3) is 27.7 Å². The Kier molecular flexibility index (Phi) is 4.79. The van der Waals surface area contributed by atoms with E-state index in [0.717, 1.165) is 33.3 Å². The minimum atomic E-state index is 0.0134. The summed E-state index contributed by atoms with van der Waals surface area (Å²) in [6.45, 7) is 1.11. The molecule has 3 N–H and O–H groups in total. The second kappa shape index (κ2) is 7.55. The van der Waals surface area contributed by atoms with E-state index in [2.05, 4.69) is 21.0 Å². The summed E-state index contributed by atoms with van der Waals surface area (Å²) in [5.41, 5.74) is 10.5. The molecule has 0 saturated carbocycles. The van der Waals surface area contributed by atoms with Crippen LogP contribution >= 0.6 is 0 Å². The molecule has 4 rings (SSSR count). The van der Waals surface area contributed by atoms with Gasteiger partial charge in [-0.15, -0.1) is 0 Å². The standard InChI is InChI=1S/C21H19N5O2/c1-24-8-16(7-23)15-5-18-19(10-26-21(18)25-9-15)13-2-3-20(14(4-13)6-22)28-17-11-27-12-17/h2-5,7-10,17H,11-12,23H2,1H3,(H,25,26)/b16-7+,24-8?. The summed E-state index contributed by atoms with van der Waals surface area (Å²) in [7, 11) is 1.69. The number of nitrogens with zero attached hydrogens (tertiary/aromatic N) is 3. The van der Waals surface area contributed by atoms with Crippen LogP contribution in [0.4, 0.5) is 0 Å². The summed E-state index contributed by atoms with van der Waals surface area (Å²) >= 11 is 0. The Morgan fingerprint density at radius 2 is 2.29 bits per heavy atom. The number of pyridine rings is 1. The van der Waals surface area contributed by atoms with Gasteiger partial charge in [0.05, 0.1) is 18.8 Å². The fourth-order valence-electron chi connectivity index (χ4n) is 3.10. The fraction of sp³-hybridized carbons (Fsp3) is 0.190. The van der Waals surface area contributed by atoms with E-state index in [9.17, 15) is 5.26 Å². The van der Waals surface area contributed by atoms with Gasteiger partial charge in [0.15, 0.2) is 0 Å². The first-order valence-electron chi connectivity index (χ1n) is 8.84. The van der Waals surface area contributed by atoms with Crippen LogP contribution in [-0.4, -0.2) is 42.5 Å². The first-order chi connectivity index (χ1) is 13.7. The third-order valence-corrected chi connectivity index (χ3v) is 4.62. The number of aromatic nitrogens is 2. The number of nitriles is 1. The molecule has 140 valence electrons. The Balaban J connectivity index is 1.75. The predicted molar refractivity (Wildman–Crippen MR) is 108 cm³/mol. The van der Waals surface area contributed by atoms with Gasteiger partial charge in [-0.05, 0) is 23.8 Å². The summed E-state index contributed by atoms with van der Waals surface area (Å²) in [5, 5.41) is 10.5. The van der Waals surface area contributed by atoms with Crippen LogP contribution in [0.5, 0.6) is 5.75 Å². The molecule has 1 aliphatic rings. The van der Waals surface area contributed by atoms with E-state index < -0.39 is 0 Å². The maximum Gasteiger partial charge on any atom is 0.145 e. The highest BCUT2D eigenvalue weighted by Crippen LogP contribution is 2.33. The Bertz CT molecular complexity index is 1120. The van der Waals surface area contributed by atoms with E-state index in [4.69, 9.17) is 15.2 Å². The van der Waals surface area contributed by atoms with Crippen molar-refractivity contribution in [2.45, 2.75) is 6.10 Å². The van der Waals surface area contributed by atoms with Crippen LogP contribution in [0.2, 0.25) is 0 Å². The number of benzene rings is 1. The average molecular weight is 373 g/mol. The van der Waals surface area contributed by atoms with Crippen molar-refractivity contribution in [2.24, 2.45) is 10.7 Å². The van der Waals surface area contributed by atoms with Gasteiger partial charge in [-0.3, -0.25) is 4.99 Å². The monoisotopic (exact) mass is 373 g/mol. The van der Waals surface area contributed by atoms with E-state index in [0.29, 0.717) is 24.5 Å². The molecule has 1 aliphatic heterocycles. The minimum absolute atomic E-state index is 0.0134. The summed E-state index contributed by atoms with van der Waals surface area (Å²) in [5.74, 6) is 0.575. The number of aromatic amines is 1. The van der Waals surface area contributed by atoms with Gasteiger partial charge in [-0.2, -0.15) is 5.26 Å². The van der Waals surface area contributed by atoms with Crippen molar-refractivity contribution >= 4 is 22.8 Å². The Morgan fingerprint density at radius 3 is 2.96 bits per heavy atom. The van der Waals surface area contributed by atoms with Gasteiger partial charge < -0.3 is 20.2 Å². The van der Waals surface area contributed by atoms with Crippen LogP contribution < -0.4 is 10.5 Å². The molecular weight excluding hydrogens is 354 g/mol. The Morgan fingerprint density at radius 1 is 1.43 bits per heavy atom. The van der Waals surface area contributed by atoms with Crippen molar-refractivity contribution in [1.29, 1.82) is 5.26 Å². The lowest BCUT2D eigenvalue weighted by Crippen LogP contribution is -2.38. The van der Waals surface area contributed by atoms with Crippen LogP contribution in [-0.2, 0) is 4.74 Å². The second-order valence-corrected chi connectivity index (χ2v) is 6.43. The summed E-state index contributed by atoms with van der Waals surface area (Å²) in [6, 6.07) is 9.83. The lowest BCUT2D eigenvalue weighted by molar-refractivity contribution is -0.0797. The molecule has 0 bridgehead atoms. The summed E-state index contributed by atoms with van der Waals surface area (Å²) in [4.78, 5) is 11.7. The second-order valence-electron chi connectivity index (χ2n) is 6.43. The lowest BCUT2D eigenvalue weighted by atomic mass is 10.0. The molecule has 28 heavy (non-hydrogen) atoms. The molecule has 3 heterocycles. The number of ether oxygens (including phenoxy) is 2. The van der Waals surface area contributed by atoms with Gasteiger partial charge in [0.25, 0.3) is 0 Å². The van der Waals surface area contributed by atoms with Crippen LogP contribution in [0, 0.1) is 11.3 Å². The largest absolute Gasteiger partial charge is 0.484 e. The van der Waals surface area contributed by atoms with E-state index in [1.54, 1.807) is 19.5 Å². The topological polar surface area (TPSA) is 109 Å². The first-order valence-corrected chi connectivity index (χ1v) is 8.84. The highest BCUT2D eigenvalue weighted by molar-refractivity contribution is 6.10. The number of aliphatic imine (C=N–C) groups is 1. The molecule has 1 saturated heterocycles. The molecule has 0 radical (unpaired) electrons. The number of allylic oxidation sites excluding steroid dienone is 1. The van der Waals surface area contributed by atoms with Crippen LogP contribution in [0.1, 0.15) is 11.1 Å². The fourth-order valence-corrected chi connectivity index (χ4v) is 3.10. The molecule has 1 aromatic carbocycles. The van der Waals surface area contributed by atoms with Gasteiger partial charge in [-0.1, -0.05) is 6.07 Å². The zero-order valence-corrected chi connectivity index (χ0v) is 15.3. The number of nitrogens with two attached hydrogens (primary N) is 1. The molecule has 0 aliphatic carbocycles. The smallest absolute Gasteiger partial charge is 0.145 e. The lowest BCUT2D eigenvalue weighted by Gasteiger charge is -2.27. The number of hydrogen-bond donors (Lipinski definition) is 2. The van der Waals surface area contributed by atoms with Gasteiger partial charge in [0, 0.05) is 53.9 Å². The average Bonchev–Trinajstić information content (AvgIpc) is 3.12. The van der Waals surface area contributed by atoms with E-state index in [1.165, 1.54) is 6.20 Å². The van der Waals surface area contributed by atoms with E-state index in [1.807, 2.05) is 30.5 Å². The van der Waals surface area contributed by atoms with Crippen molar-refractivity contribution in [3.63, 3.8) is 0 Å². The third-order valence-electron chi connectivity index (χ3n) is 4.62. The first kappa shape index (κ1) is 17.8. The number of fused-ring (bicyclic) bond motifs is 1. The summed E-state index contributed by atoms with van der Waals surface area (Å²) in [6.07, 6.45) is 6.85. The maximum absolute atomic E-state index is 9.55. The van der Waals surface area contributed by atoms with Crippen molar-refractivity contribution in [2.75, 3.05) is 20.3 Å². The SMILES string of the molecule is CN=C/C(=C\N)c1cnc2[nH]cc(-c3ccc(OC4COC4)c(C#N)c3)c2c1. The normalized spacial score (nSPS) is 14.9. The third kappa shape index (κ3) is 3.21. The summed E-state index contributed by atoms with van der Waals surface area (Å²) < 4.78 is 10.9. The molecule has 3 aromatic rings. The predicted octanol–water partition coefficient (Wildman–Crippen LogP) is 2.88. The number of rotatable bonds is 5. The van der Waals surface area contributed by atoms with Crippen molar-refractivity contribution in [3.05, 3.63) is 54.0 Å². The number of hydrogen-bond acceptors (Lipinski definition) is 6. The Hall–Kier alpha value is -3.63. The van der Waals surface area contributed by atoms with Gasteiger partial charge in [0.1, 0.15) is 23.6 Å². The molecule has 7 heteroatoms. The van der Waals surface area contributed by atoms with Gasteiger partial charge >= 0.3 is 0 Å². The quantitative estimate of drug-likeness (QED) is 0.668. The number of H-pyrrole nitrogens is 1. The molecular formula is C21H19N5O2. The van der Waals surface area contributed by atoms with Crippen molar-refractivity contribution < 1.29 is 9.47 Å². The molecule has 7 nitrogen and oxygen atoms in total. The van der Waals surface area contributed by atoms with E-state index >= 15 is 0 Å². The Labute approximate surface area is 162 Å². The van der Waals surface area contributed by atoms with Crippen molar-refractivity contribution in [1.82, 2.24) is 9.97 Å². The zero-order valence-electron chi connectivity index (χ0n) is 15.3. The van der Waals surface area contributed by atoms with Crippen LogP contribution in [0.3, 0.4) is 0 Å². The molecule has 0 spiro atoms. The molecule has 0 atom stereocenters. The molecule has 1 fully saturated rings. The number of nitrogens with one attached hydrogen (secondary N) is 1. The highest BCUT2D eigenvalue weighted by Gasteiger charge is 2.21. The van der Waals surface area contributed by atoms with Gasteiger partial charge in [-0.25, -0.2) is 4.98 Å².